The number of rotatable bonds is 6. The standard InChI is InChI=1S/C18H20BrF2N3O/c1-5-24(4)10-22-17-9-16(19)18(23-11(17)2)25-12(3)13-6-14(20)8-15(21)7-13/h6-10,12H,5H2,1-4H3/t12-/m0/s1. The van der Waals surface area contributed by atoms with Crippen molar-refractivity contribution in [2.24, 2.45) is 4.99 Å². The van der Waals surface area contributed by atoms with Crippen LogP contribution in [0.5, 0.6) is 5.88 Å². The molecule has 0 saturated carbocycles. The highest BCUT2D eigenvalue weighted by Gasteiger charge is 2.15. The van der Waals surface area contributed by atoms with Crippen molar-refractivity contribution in [2.45, 2.75) is 26.9 Å². The summed E-state index contributed by atoms with van der Waals surface area (Å²) in [6.07, 6.45) is 1.17. The number of aliphatic imine (C=N–C) groups is 1. The molecule has 0 unspecified atom stereocenters. The van der Waals surface area contributed by atoms with Crippen LogP contribution in [0.3, 0.4) is 0 Å². The largest absolute Gasteiger partial charge is 0.469 e. The second-order valence-corrected chi connectivity index (χ2v) is 6.51. The van der Waals surface area contributed by atoms with Crippen LogP contribution >= 0.6 is 15.9 Å². The summed E-state index contributed by atoms with van der Waals surface area (Å²) >= 11 is 3.41. The Morgan fingerprint density at radius 2 is 1.92 bits per heavy atom. The van der Waals surface area contributed by atoms with Gasteiger partial charge in [0.05, 0.1) is 22.2 Å². The smallest absolute Gasteiger partial charge is 0.228 e. The molecule has 1 heterocycles. The topological polar surface area (TPSA) is 37.7 Å². The lowest BCUT2D eigenvalue weighted by atomic mass is 10.1. The Balaban J connectivity index is 2.22. The Labute approximate surface area is 154 Å². The average molecular weight is 412 g/mol. The third-order valence-electron chi connectivity index (χ3n) is 3.64. The van der Waals surface area contributed by atoms with Crippen LogP contribution in [0, 0.1) is 18.6 Å². The summed E-state index contributed by atoms with van der Waals surface area (Å²) in [7, 11) is 1.93. The van der Waals surface area contributed by atoms with Crippen LogP contribution in [-0.4, -0.2) is 29.8 Å². The van der Waals surface area contributed by atoms with E-state index in [4.69, 9.17) is 4.74 Å². The lowest BCUT2D eigenvalue weighted by Crippen LogP contribution is -2.14. The van der Waals surface area contributed by atoms with E-state index in [1.807, 2.05) is 25.8 Å². The number of hydrogen-bond donors (Lipinski definition) is 0. The molecule has 0 bridgehead atoms. The molecular formula is C18H20BrF2N3O. The highest BCUT2D eigenvalue weighted by Crippen LogP contribution is 2.32. The van der Waals surface area contributed by atoms with E-state index in [0.29, 0.717) is 27.3 Å². The number of aryl methyl sites for hydroxylation is 1. The van der Waals surface area contributed by atoms with Gasteiger partial charge in [-0.25, -0.2) is 18.8 Å². The number of benzene rings is 1. The van der Waals surface area contributed by atoms with Crippen LogP contribution in [0.2, 0.25) is 0 Å². The van der Waals surface area contributed by atoms with Gasteiger partial charge in [-0.15, -0.1) is 0 Å². The van der Waals surface area contributed by atoms with E-state index < -0.39 is 17.7 Å². The van der Waals surface area contributed by atoms with E-state index in [-0.39, 0.29) is 0 Å². The molecule has 0 fully saturated rings. The number of hydrogen-bond acceptors (Lipinski definition) is 3. The molecule has 134 valence electrons. The molecule has 1 atom stereocenters. The molecule has 2 rings (SSSR count). The van der Waals surface area contributed by atoms with Gasteiger partial charge in [-0.1, -0.05) is 0 Å². The summed E-state index contributed by atoms with van der Waals surface area (Å²) in [5.74, 6) is -0.936. The summed E-state index contributed by atoms with van der Waals surface area (Å²) < 4.78 is 33.1. The van der Waals surface area contributed by atoms with E-state index in [1.54, 1.807) is 19.3 Å². The second-order valence-electron chi connectivity index (χ2n) is 5.66. The van der Waals surface area contributed by atoms with Gasteiger partial charge in [-0.2, -0.15) is 0 Å². The monoisotopic (exact) mass is 411 g/mol. The third kappa shape index (κ3) is 5.22. The first kappa shape index (κ1) is 19.3. The van der Waals surface area contributed by atoms with Crippen LogP contribution < -0.4 is 4.74 Å². The first-order chi connectivity index (χ1) is 11.8. The molecule has 7 heteroatoms. The van der Waals surface area contributed by atoms with Gasteiger partial charge < -0.3 is 9.64 Å². The minimum Gasteiger partial charge on any atom is -0.469 e. The van der Waals surface area contributed by atoms with Gasteiger partial charge in [0.1, 0.15) is 17.7 Å². The molecule has 0 N–H and O–H groups in total. The fraction of sp³-hybridized carbons (Fsp3) is 0.333. The Kier molecular flexibility index (Phi) is 6.47. The first-order valence-electron chi connectivity index (χ1n) is 7.84. The van der Waals surface area contributed by atoms with Crippen LogP contribution in [0.25, 0.3) is 0 Å². The molecule has 0 spiro atoms. The predicted molar refractivity (Wildman–Crippen MR) is 98.5 cm³/mol. The molecule has 0 amide bonds. The fourth-order valence-corrected chi connectivity index (χ4v) is 2.45. The molecule has 1 aromatic carbocycles. The molecule has 0 radical (unpaired) electrons. The molecule has 0 aliphatic rings. The summed E-state index contributed by atoms with van der Waals surface area (Å²) in [4.78, 5) is 10.7. The van der Waals surface area contributed by atoms with Crippen molar-refractivity contribution in [1.29, 1.82) is 0 Å². The van der Waals surface area contributed by atoms with E-state index >= 15 is 0 Å². The van der Waals surface area contributed by atoms with Gasteiger partial charge in [0, 0.05) is 19.7 Å². The molecule has 1 aromatic heterocycles. The molecule has 4 nitrogen and oxygen atoms in total. The third-order valence-corrected chi connectivity index (χ3v) is 4.21. The van der Waals surface area contributed by atoms with E-state index in [1.165, 1.54) is 12.1 Å². The Morgan fingerprint density at radius 1 is 1.28 bits per heavy atom. The fourth-order valence-electron chi connectivity index (χ4n) is 2.05. The van der Waals surface area contributed by atoms with Crippen LogP contribution in [0.15, 0.2) is 33.7 Å². The molecular weight excluding hydrogens is 392 g/mol. The van der Waals surface area contributed by atoms with E-state index in [0.717, 1.165) is 12.6 Å². The zero-order chi connectivity index (χ0) is 18.6. The molecule has 0 aliphatic carbocycles. The van der Waals surface area contributed by atoms with Gasteiger partial charge in [-0.3, -0.25) is 0 Å². The molecule has 0 saturated heterocycles. The number of ether oxygens (including phenoxy) is 1. The van der Waals surface area contributed by atoms with E-state index in [2.05, 4.69) is 25.9 Å². The van der Waals surface area contributed by atoms with Gasteiger partial charge >= 0.3 is 0 Å². The van der Waals surface area contributed by atoms with Crippen molar-refractivity contribution >= 4 is 28.0 Å². The van der Waals surface area contributed by atoms with Crippen molar-refractivity contribution in [3.63, 3.8) is 0 Å². The summed E-state index contributed by atoms with van der Waals surface area (Å²) in [5, 5.41) is 0. The number of pyridine rings is 1. The van der Waals surface area contributed by atoms with Gasteiger partial charge in [0.25, 0.3) is 0 Å². The quantitative estimate of drug-likeness (QED) is 0.485. The first-order valence-corrected chi connectivity index (χ1v) is 8.63. The van der Waals surface area contributed by atoms with Gasteiger partial charge in [0.15, 0.2) is 0 Å². The normalized spacial score (nSPS) is 12.4. The lowest BCUT2D eigenvalue weighted by Gasteiger charge is -2.16. The number of halogens is 3. The maximum atomic E-state index is 13.4. The second kappa shape index (κ2) is 8.38. The van der Waals surface area contributed by atoms with Gasteiger partial charge in [0.2, 0.25) is 5.88 Å². The predicted octanol–water partition coefficient (Wildman–Crippen LogP) is 5.18. The SMILES string of the molecule is CCN(C)C=Nc1cc(Br)c(O[C@@H](C)c2cc(F)cc(F)c2)nc1C. The summed E-state index contributed by atoms with van der Waals surface area (Å²) in [6, 6.07) is 5.12. The van der Waals surface area contributed by atoms with E-state index in [9.17, 15) is 8.78 Å². The van der Waals surface area contributed by atoms with Gasteiger partial charge in [-0.05, 0) is 60.5 Å². The molecule has 2 aromatic rings. The zero-order valence-electron chi connectivity index (χ0n) is 14.6. The number of nitrogens with zero attached hydrogens (tertiary/aromatic N) is 3. The Hall–Kier alpha value is -2.02. The summed E-state index contributed by atoms with van der Waals surface area (Å²) in [5.41, 5.74) is 1.80. The zero-order valence-corrected chi connectivity index (χ0v) is 16.1. The van der Waals surface area contributed by atoms with Crippen molar-refractivity contribution in [1.82, 2.24) is 9.88 Å². The highest BCUT2D eigenvalue weighted by atomic mass is 79.9. The highest BCUT2D eigenvalue weighted by molar-refractivity contribution is 9.10. The average Bonchev–Trinajstić information content (AvgIpc) is 2.55. The van der Waals surface area contributed by atoms with Crippen molar-refractivity contribution in [3.05, 3.63) is 51.6 Å². The van der Waals surface area contributed by atoms with Crippen molar-refractivity contribution in [2.75, 3.05) is 13.6 Å². The van der Waals surface area contributed by atoms with Crippen LogP contribution in [0.1, 0.15) is 31.2 Å². The maximum Gasteiger partial charge on any atom is 0.228 e. The minimum atomic E-state index is -0.640. The van der Waals surface area contributed by atoms with Crippen molar-refractivity contribution in [3.8, 4) is 5.88 Å². The Bertz CT molecular complexity index is 763. The Morgan fingerprint density at radius 3 is 2.52 bits per heavy atom. The van der Waals surface area contributed by atoms with Crippen LogP contribution in [0.4, 0.5) is 14.5 Å². The van der Waals surface area contributed by atoms with Crippen molar-refractivity contribution < 1.29 is 13.5 Å². The summed E-state index contributed by atoms with van der Waals surface area (Å²) in [6.45, 7) is 6.41. The molecule has 25 heavy (non-hydrogen) atoms. The lowest BCUT2D eigenvalue weighted by molar-refractivity contribution is 0.214. The van der Waals surface area contributed by atoms with Crippen LogP contribution in [-0.2, 0) is 0 Å². The maximum absolute atomic E-state index is 13.4. The minimum absolute atomic E-state index is 0.345. The number of aromatic nitrogens is 1. The molecule has 0 aliphatic heterocycles.